The summed E-state index contributed by atoms with van der Waals surface area (Å²) >= 11 is 0. The number of pyridine rings is 1. The van der Waals surface area contributed by atoms with Crippen molar-refractivity contribution >= 4 is 0 Å². The molecular formula is C6H5Li2NO2. The maximum absolute atomic E-state index is 10.1. The Balaban J connectivity index is 0. The smallest absolute Gasteiger partial charge is 0.862 e. The van der Waals surface area contributed by atoms with Crippen molar-refractivity contribution in [3.8, 4) is 0 Å². The van der Waals surface area contributed by atoms with E-state index in [9.17, 15) is 10.2 Å². The van der Waals surface area contributed by atoms with Crippen LogP contribution < -0.4 is 47.9 Å². The number of hydrogen-bond donors (Lipinski definition) is 0. The van der Waals surface area contributed by atoms with Gasteiger partial charge in [-0.3, -0.25) is 4.98 Å². The molecule has 1 heterocycles. The molecule has 0 saturated carbocycles. The molecule has 48 valence electrons. The van der Waals surface area contributed by atoms with Gasteiger partial charge in [0.1, 0.15) is 0 Å². The molecule has 0 aliphatic rings. The molecule has 1 aromatic rings. The van der Waals surface area contributed by atoms with Crippen LogP contribution in [0.25, 0.3) is 0 Å². The van der Waals surface area contributed by atoms with Gasteiger partial charge in [0.15, 0.2) is 0 Å². The van der Waals surface area contributed by atoms with Crippen molar-refractivity contribution < 1.29 is 47.9 Å². The van der Waals surface area contributed by atoms with Gasteiger partial charge in [-0.2, -0.15) is 6.29 Å². The van der Waals surface area contributed by atoms with Crippen LogP contribution in [0.4, 0.5) is 0 Å². The summed E-state index contributed by atoms with van der Waals surface area (Å²) in [5, 5.41) is 20.3. The molecule has 0 aliphatic heterocycles. The normalized spacial score (nSPS) is 8.27. The van der Waals surface area contributed by atoms with E-state index in [4.69, 9.17) is 0 Å². The molecule has 3 nitrogen and oxygen atoms in total. The van der Waals surface area contributed by atoms with Crippen LogP contribution in [0.15, 0.2) is 24.5 Å². The Labute approximate surface area is 89.2 Å². The van der Waals surface area contributed by atoms with Crippen LogP contribution in [0.3, 0.4) is 0 Å². The van der Waals surface area contributed by atoms with Crippen LogP contribution in [0.2, 0.25) is 0 Å². The first-order valence-electron chi connectivity index (χ1n) is 2.52. The maximum atomic E-state index is 10.1. The van der Waals surface area contributed by atoms with Gasteiger partial charge in [0, 0.05) is 12.4 Å². The second-order valence-corrected chi connectivity index (χ2v) is 1.62. The third kappa shape index (κ3) is 4.66. The molecule has 0 N–H and O–H groups in total. The first kappa shape index (κ1) is 13.8. The molecule has 0 unspecified atom stereocenters. The number of rotatable bonds is 1. The second-order valence-electron chi connectivity index (χ2n) is 1.62. The van der Waals surface area contributed by atoms with Crippen LogP contribution in [0.1, 0.15) is 11.9 Å². The predicted octanol–water partition coefficient (Wildman–Crippen LogP) is -7.19. The summed E-state index contributed by atoms with van der Waals surface area (Å²) in [6.45, 7) is 0. The van der Waals surface area contributed by atoms with Crippen molar-refractivity contribution in [2.45, 2.75) is 6.29 Å². The Morgan fingerprint density at radius 1 is 1.27 bits per heavy atom. The zero-order chi connectivity index (χ0) is 6.69. The van der Waals surface area contributed by atoms with Gasteiger partial charge in [-0.05, 0) is 6.07 Å². The molecule has 5 heteroatoms. The Hall–Kier alpha value is 0.265. The Morgan fingerprint density at radius 2 is 1.91 bits per heavy atom. The van der Waals surface area contributed by atoms with Gasteiger partial charge >= 0.3 is 37.7 Å². The standard InChI is InChI=1S/C6H5NO2.2Li/c8-6(9)5-2-1-3-7-4-5;;/h1-4,6H;;/q-2;2*+1. The van der Waals surface area contributed by atoms with Crippen molar-refractivity contribution in [1.29, 1.82) is 0 Å². The fourth-order valence-electron chi connectivity index (χ4n) is 0.515. The fraction of sp³-hybridized carbons (Fsp3) is 0.167. The molecule has 0 amide bonds. The van der Waals surface area contributed by atoms with E-state index in [0.29, 0.717) is 0 Å². The first-order chi connectivity index (χ1) is 4.30. The Morgan fingerprint density at radius 3 is 2.18 bits per heavy atom. The average molecular weight is 137 g/mol. The molecule has 0 fully saturated rings. The van der Waals surface area contributed by atoms with E-state index >= 15 is 0 Å². The molecule has 0 aromatic carbocycles. The minimum absolute atomic E-state index is 0. The largest absolute Gasteiger partial charge is 1.00 e. The van der Waals surface area contributed by atoms with Gasteiger partial charge in [-0.25, -0.2) is 0 Å². The topological polar surface area (TPSA) is 59.0 Å². The third-order valence-corrected chi connectivity index (χ3v) is 0.957. The van der Waals surface area contributed by atoms with E-state index in [0.717, 1.165) is 0 Å². The van der Waals surface area contributed by atoms with E-state index in [1.54, 1.807) is 6.07 Å². The van der Waals surface area contributed by atoms with Crippen molar-refractivity contribution in [1.82, 2.24) is 4.98 Å². The second kappa shape index (κ2) is 6.94. The molecule has 0 atom stereocenters. The van der Waals surface area contributed by atoms with Crippen LogP contribution in [0, 0.1) is 0 Å². The molecule has 11 heavy (non-hydrogen) atoms. The summed E-state index contributed by atoms with van der Waals surface area (Å²) in [6.07, 6.45) is 0.898. The molecule has 0 saturated heterocycles. The molecule has 1 aromatic heterocycles. The van der Waals surface area contributed by atoms with E-state index < -0.39 is 6.29 Å². The summed E-state index contributed by atoms with van der Waals surface area (Å²) in [5.74, 6) is 0. The van der Waals surface area contributed by atoms with Gasteiger partial charge in [0.05, 0.1) is 0 Å². The van der Waals surface area contributed by atoms with Crippen LogP contribution in [-0.4, -0.2) is 4.98 Å². The number of nitrogens with zero attached hydrogens (tertiary/aromatic N) is 1. The third-order valence-electron chi connectivity index (χ3n) is 0.957. The molecule has 0 radical (unpaired) electrons. The van der Waals surface area contributed by atoms with Crippen LogP contribution in [-0.2, 0) is 0 Å². The van der Waals surface area contributed by atoms with E-state index in [2.05, 4.69) is 4.98 Å². The Bertz CT molecular complexity index is 181. The van der Waals surface area contributed by atoms with Crippen LogP contribution >= 0.6 is 0 Å². The summed E-state index contributed by atoms with van der Waals surface area (Å²) in [5.41, 5.74) is 0.192. The average Bonchev–Trinajstić information content (AvgIpc) is 1.90. The summed E-state index contributed by atoms with van der Waals surface area (Å²) < 4.78 is 0. The van der Waals surface area contributed by atoms with E-state index in [1.165, 1.54) is 18.5 Å². The SMILES string of the molecule is [Li+].[Li+].[O-]C([O-])c1cccnc1. The summed E-state index contributed by atoms with van der Waals surface area (Å²) in [4.78, 5) is 3.61. The number of aromatic nitrogens is 1. The molecule has 0 aliphatic carbocycles. The Kier molecular flexibility index (Phi) is 8.73. The van der Waals surface area contributed by atoms with Gasteiger partial charge in [0.25, 0.3) is 0 Å². The minimum atomic E-state index is -1.90. The van der Waals surface area contributed by atoms with Gasteiger partial charge in [-0.1, -0.05) is 11.6 Å². The van der Waals surface area contributed by atoms with Crippen molar-refractivity contribution in [3.63, 3.8) is 0 Å². The van der Waals surface area contributed by atoms with Crippen molar-refractivity contribution in [2.75, 3.05) is 0 Å². The first-order valence-corrected chi connectivity index (χ1v) is 2.52. The summed E-state index contributed by atoms with van der Waals surface area (Å²) in [6, 6.07) is 3.04. The van der Waals surface area contributed by atoms with E-state index in [-0.39, 0.29) is 43.3 Å². The van der Waals surface area contributed by atoms with Crippen LogP contribution in [0.5, 0.6) is 0 Å². The number of hydrogen-bond acceptors (Lipinski definition) is 3. The maximum Gasteiger partial charge on any atom is 1.00 e. The molecular weight excluding hydrogens is 132 g/mol. The molecule has 1 rings (SSSR count). The minimum Gasteiger partial charge on any atom is -0.862 e. The monoisotopic (exact) mass is 137 g/mol. The van der Waals surface area contributed by atoms with Crippen molar-refractivity contribution in [2.24, 2.45) is 0 Å². The quantitative estimate of drug-likeness (QED) is 0.285. The summed E-state index contributed by atoms with van der Waals surface area (Å²) in [7, 11) is 0. The van der Waals surface area contributed by atoms with Gasteiger partial charge in [0.2, 0.25) is 0 Å². The van der Waals surface area contributed by atoms with E-state index in [1.807, 2.05) is 0 Å². The van der Waals surface area contributed by atoms with Gasteiger partial charge in [-0.15, -0.1) is 0 Å². The fourth-order valence-corrected chi connectivity index (χ4v) is 0.515. The predicted molar refractivity (Wildman–Crippen MR) is 27.0 cm³/mol. The van der Waals surface area contributed by atoms with Gasteiger partial charge < -0.3 is 10.2 Å². The molecule has 0 bridgehead atoms. The van der Waals surface area contributed by atoms with Crippen molar-refractivity contribution in [3.05, 3.63) is 30.1 Å². The molecule has 0 spiro atoms. The zero-order valence-corrected chi connectivity index (χ0v) is 6.65. The zero-order valence-electron chi connectivity index (χ0n) is 6.65.